The number of aromatic nitrogens is 1. The standard InChI is InChI=1S/C10H16N4O/c1-8(9-4-2-3-6-13-9)12-7-5-10(11)14-15/h2-4,6,8,12,15H,5,7H2,1H3,(H2,11,14)/t8-/m0/s1. The molecule has 1 aromatic rings. The van der Waals surface area contributed by atoms with Crippen molar-refractivity contribution in [3.63, 3.8) is 0 Å². The van der Waals surface area contributed by atoms with Crippen LogP contribution in [0.1, 0.15) is 25.1 Å². The van der Waals surface area contributed by atoms with Gasteiger partial charge in [0.05, 0.1) is 5.69 Å². The number of nitrogens with zero attached hydrogens (tertiary/aromatic N) is 2. The third-order valence-electron chi connectivity index (χ3n) is 2.09. The van der Waals surface area contributed by atoms with Gasteiger partial charge < -0.3 is 16.3 Å². The SMILES string of the molecule is C[C@H](NCC/C(N)=N/O)c1ccccn1. The molecule has 5 nitrogen and oxygen atoms in total. The smallest absolute Gasteiger partial charge is 0.140 e. The maximum absolute atomic E-state index is 8.34. The molecule has 0 fully saturated rings. The van der Waals surface area contributed by atoms with Crippen LogP contribution in [-0.4, -0.2) is 22.6 Å². The Morgan fingerprint density at radius 1 is 1.67 bits per heavy atom. The van der Waals surface area contributed by atoms with Crippen molar-refractivity contribution in [2.75, 3.05) is 6.54 Å². The molecule has 15 heavy (non-hydrogen) atoms. The first kappa shape index (κ1) is 11.5. The van der Waals surface area contributed by atoms with Crippen LogP contribution in [0.25, 0.3) is 0 Å². The molecule has 0 aromatic carbocycles. The van der Waals surface area contributed by atoms with Crippen LogP contribution in [0, 0.1) is 0 Å². The van der Waals surface area contributed by atoms with Crippen LogP contribution in [0.15, 0.2) is 29.6 Å². The third kappa shape index (κ3) is 3.95. The molecule has 0 unspecified atom stereocenters. The van der Waals surface area contributed by atoms with E-state index >= 15 is 0 Å². The van der Waals surface area contributed by atoms with E-state index in [2.05, 4.69) is 15.5 Å². The van der Waals surface area contributed by atoms with Gasteiger partial charge in [-0.2, -0.15) is 0 Å². The van der Waals surface area contributed by atoms with E-state index in [4.69, 9.17) is 10.9 Å². The topological polar surface area (TPSA) is 83.5 Å². The molecule has 1 aromatic heterocycles. The summed E-state index contributed by atoms with van der Waals surface area (Å²) in [6.07, 6.45) is 2.28. The number of rotatable bonds is 5. The first-order chi connectivity index (χ1) is 7.24. The maximum Gasteiger partial charge on any atom is 0.140 e. The Balaban J connectivity index is 2.34. The molecule has 0 bridgehead atoms. The average molecular weight is 208 g/mol. The number of hydrogen-bond acceptors (Lipinski definition) is 4. The summed E-state index contributed by atoms with van der Waals surface area (Å²) < 4.78 is 0. The molecule has 0 radical (unpaired) electrons. The second-order valence-corrected chi connectivity index (χ2v) is 3.27. The van der Waals surface area contributed by atoms with Gasteiger partial charge in [-0.25, -0.2) is 0 Å². The molecule has 0 aliphatic carbocycles. The predicted molar refractivity (Wildman–Crippen MR) is 58.7 cm³/mol. The predicted octanol–water partition coefficient (Wildman–Crippen LogP) is 0.869. The minimum absolute atomic E-state index is 0.165. The van der Waals surface area contributed by atoms with Crippen LogP contribution in [0.4, 0.5) is 0 Å². The molecular weight excluding hydrogens is 192 g/mol. The third-order valence-corrected chi connectivity index (χ3v) is 2.09. The Morgan fingerprint density at radius 3 is 3.07 bits per heavy atom. The van der Waals surface area contributed by atoms with E-state index in [9.17, 15) is 0 Å². The zero-order valence-corrected chi connectivity index (χ0v) is 8.72. The maximum atomic E-state index is 8.34. The molecule has 4 N–H and O–H groups in total. The van der Waals surface area contributed by atoms with Gasteiger partial charge in [0, 0.05) is 25.2 Å². The first-order valence-corrected chi connectivity index (χ1v) is 4.84. The fourth-order valence-corrected chi connectivity index (χ4v) is 1.20. The Labute approximate surface area is 89.0 Å². The molecule has 0 aliphatic heterocycles. The summed E-state index contributed by atoms with van der Waals surface area (Å²) in [5, 5.41) is 14.5. The number of amidine groups is 1. The van der Waals surface area contributed by atoms with E-state index in [1.54, 1.807) is 6.20 Å². The molecule has 5 heteroatoms. The van der Waals surface area contributed by atoms with Crippen molar-refractivity contribution in [3.8, 4) is 0 Å². The average Bonchev–Trinajstić information content (AvgIpc) is 2.29. The molecular formula is C10H16N4O. The number of hydrogen-bond donors (Lipinski definition) is 3. The molecule has 82 valence electrons. The van der Waals surface area contributed by atoms with Gasteiger partial charge in [-0.15, -0.1) is 0 Å². The van der Waals surface area contributed by atoms with Crippen molar-refractivity contribution in [2.24, 2.45) is 10.9 Å². The highest BCUT2D eigenvalue weighted by Gasteiger charge is 2.04. The second-order valence-electron chi connectivity index (χ2n) is 3.27. The van der Waals surface area contributed by atoms with Crippen LogP contribution < -0.4 is 11.1 Å². The van der Waals surface area contributed by atoms with E-state index in [-0.39, 0.29) is 11.9 Å². The van der Waals surface area contributed by atoms with Crippen LogP contribution in [-0.2, 0) is 0 Å². The minimum atomic E-state index is 0.165. The molecule has 0 spiro atoms. The van der Waals surface area contributed by atoms with E-state index in [1.807, 2.05) is 25.1 Å². The number of nitrogens with one attached hydrogen (secondary N) is 1. The van der Waals surface area contributed by atoms with E-state index in [0.717, 1.165) is 5.69 Å². The Morgan fingerprint density at radius 2 is 2.47 bits per heavy atom. The largest absolute Gasteiger partial charge is 0.409 e. The van der Waals surface area contributed by atoms with Crippen molar-refractivity contribution >= 4 is 5.84 Å². The zero-order valence-electron chi connectivity index (χ0n) is 8.72. The van der Waals surface area contributed by atoms with Crippen LogP contribution >= 0.6 is 0 Å². The fraction of sp³-hybridized carbons (Fsp3) is 0.400. The zero-order chi connectivity index (χ0) is 11.1. The lowest BCUT2D eigenvalue weighted by Gasteiger charge is -2.12. The van der Waals surface area contributed by atoms with Crippen molar-refractivity contribution in [1.82, 2.24) is 10.3 Å². The fourth-order valence-electron chi connectivity index (χ4n) is 1.20. The molecule has 1 atom stereocenters. The number of pyridine rings is 1. The monoisotopic (exact) mass is 208 g/mol. The van der Waals surface area contributed by atoms with Crippen molar-refractivity contribution in [2.45, 2.75) is 19.4 Å². The summed E-state index contributed by atoms with van der Waals surface area (Å²) >= 11 is 0. The van der Waals surface area contributed by atoms with Gasteiger partial charge in [0.25, 0.3) is 0 Å². The molecule has 0 amide bonds. The van der Waals surface area contributed by atoms with E-state index in [0.29, 0.717) is 13.0 Å². The normalized spacial score (nSPS) is 13.8. The summed E-state index contributed by atoms with van der Waals surface area (Å²) in [7, 11) is 0. The van der Waals surface area contributed by atoms with Gasteiger partial charge in [-0.05, 0) is 19.1 Å². The lowest BCUT2D eigenvalue weighted by Crippen LogP contribution is -2.25. The summed E-state index contributed by atoms with van der Waals surface area (Å²) in [5.41, 5.74) is 6.33. The Kier molecular flexibility index (Phi) is 4.56. The van der Waals surface area contributed by atoms with Gasteiger partial charge >= 0.3 is 0 Å². The molecule has 0 saturated carbocycles. The van der Waals surface area contributed by atoms with Crippen LogP contribution in [0.2, 0.25) is 0 Å². The lowest BCUT2D eigenvalue weighted by atomic mass is 10.2. The van der Waals surface area contributed by atoms with Gasteiger partial charge in [-0.1, -0.05) is 11.2 Å². The highest BCUT2D eigenvalue weighted by atomic mass is 16.4. The second kappa shape index (κ2) is 5.98. The van der Waals surface area contributed by atoms with Crippen LogP contribution in [0.5, 0.6) is 0 Å². The van der Waals surface area contributed by atoms with Crippen molar-refractivity contribution in [3.05, 3.63) is 30.1 Å². The molecule has 0 aliphatic rings. The van der Waals surface area contributed by atoms with E-state index in [1.165, 1.54) is 0 Å². The van der Waals surface area contributed by atoms with Gasteiger partial charge in [-0.3, -0.25) is 4.98 Å². The highest BCUT2D eigenvalue weighted by molar-refractivity contribution is 5.79. The number of oxime groups is 1. The summed E-state index contributed by atoms with van der Waals surface area (Å²) in [5.74, 6) is 0.232. The Bertz CT molecular complexity index is 312. The summed E-state index contributed by atoms with van der Waals surface area (Å²) in [6, 6.07) is 5.95. The lowest BCUT2D eigenvalue weighted by molar-refractivity contribution is 0.316. The molecule has 0 saturated heterocycles. The first-order valence-electron chi connectivity index (χ1n) is 4.84. The van der Waals surface area contributed by atoms with Gasteiger partial charge in [0.1, 0.15) is 5.84 Å². The Hall–Kier alpha value is -1.62. The van der Waals surface area contributed by atoms with Crippen molar-refractivity contribution < 1.29 is 5.21 Å². The van der Waals surface area contributed by atoms with E-state index < -0.39 is 0 Å². The summed E-state index contributed by atoms with van der Waals surface area (Å²) in [4.78, 5) is 4.22. The number of nitrogens with two attached hydrogens (primary N) is 1. The van der Waals surface area contributed by atoms with Gasteiger partial charge in [0.2, 0.25) is 0 Å². The minimum Gasteiger partial charge on any atom is -0.409 e. The quantitative estimate of drug-likeness (QED) is 0.290. The summed E-state index contributed by atoms with van der Waals surface area (Å²) in [6.45, 7) is 2.68. The van der Waals surface area contributed by atoms with Crippen LogP contribution in [0.3, 0.4) is 0 Å². The molecule has 1 rings (SSSR count). The highest BCUT2D eigenvalue weighted by Crippen LogP contribution is 2.06. The van der Waals surface area contributed by atoms with Gasteiger partial charge in [0.15, 0.2) is 0 Å². The van der Waals surface area contributed by atoms with Crippen molar-refractivity contribution in [1.29, 1.82) is 0 Å². The molecule has 1 heterocycles.